The van der Waals surface area contributed by atoms with Crippen LogP contribution in [0.5, 0.6) is 0 Å². The highest BCUT2D eigenvalue weighted by Gasteiger charge is 2.26. The third-order valence-corrected chi connectivity index (χ3v) is 3.79. The van der Waals surface area contributed by atoms with Crippen molar-refractivity contribution in [2.24, 2.45) is 0 Å². The summed E-state index contributed by atoms with van der Waals surface area (Å²) in [6.45, 7) is 8.68. The van der Waals surface area contributed by atoms with E-state index in [-0.39, 0.29) is 6.09 Å². The first kappa shape index (κ1) is 14.8. The molecule has 0 aliphatic carbocycles. The Kier molecular flexibility index (Phi) is 3.72. The van der Waals surface area contributed by atoms with Crippen LogP contribution in [0.1, 0.15) is 20.8 Å². The third kappa shape index (κ3) is 3.18. The molecule has 22 heavy (non-hydrogen) atoms. The smallest absolute Gasteiger partial charge is 0.410 e. The molecule has 3 rings (SSSR count). The Balaban J connectivity index is 1.63. The molecule has 2 aromatic rings. The lowest BCUT2D eigenvalue weighted by atomic mass is 10.2. The van der Waals surface area contributed by atoms with Crippen molar-refractivity contribution in [2.75, 3.05) is 31.1 Å². The molecule has 1 aromatic carbocycles. The van der Waals surface area contributed by atoms with Gasteiger partial charge in [-0.05, 0) is 32.9 Å². The predicted molar refractivity (Wildman–Crippen MR) is 88.3 cm³/mol. The van der Waals surface area contributed by atoms with E-state index in [1.807, 2.05) is 32.9 Å². The molecule has 0 spiro atoms. The molecule has 2 heterocycles. The number of aromatic nitrogens is 1. The van der Waals surface area contributed by atoms with E-state index in [9.17, 15) is 4.79 Å². The lowest BCUT2D eigenvalue weighted by Crippen LogP contribution is -2.50. The molecule has 1 fully saturated rings. The summed E-state index contributed by atoms with van der Waals surface area (Å²) < 4.78 is 5.43. The first-order chi connectivity index (χ1) is 10.4. The standard InChI is InChI=1S/C17H23N3O2/c1-17(2,3)22-16(21)20-10-8-19(9-11-20)15-12-13-6-4-5-7-14(13)18-15/h4-7,12,18H,8-11H2,1-3H3. The summed E-state index contributed by atoms with van der Waals surface area (Å²) in [6, 6.07) is 10.4. The lowest BCUT2D eigenvalue weighted by Gasteiger charge is -2.36. The molecule has 5 heteroatoms. The van der Waals surface area contributed by atoms with Crippen LogP contribution in [0.3, 0.4) is 0 Å². The second-order valence-electron chi connectivity index (χ2n) is 6.70. The van der Waals surface area contributed by atoms with Crippen LogP contribution in [0.15, 0.2) is 30.3 Å². The summed E-state index contributed by atoms with van der Waals surface area (Å²) in [6.07, 6.45) is -0.219. The van der Waals surface area contributed by atoms with Crippen molar-refractivity contribution in [1.82, 2.24) is 9.88 Å². The maximum absolute atomic E-state index is 12.1. The number of hydrogen-bond acceptors (Lipinski definition) is 3. The number of benzene rings is 1. The van der Waals surface area contributed by atoms with Gasteiger partial charge in [-0.1, -0.05) is 18.2 Å². The Morgan fingerprint density at radius 3 is 2.45 bits per heavy atom. The third-order valence-electron chi connectivity index (χ3n) is 3.79. The molecule has 0 bridgehead atoms. The van der Waals surface area contributed by atoms with E-state index >= 15 is 0 Å². The molecule has 118 valence electrons. The second kappa shape index (κ2) is 5.55. The van der Waals surface area contributed by atoms with Gasteiger partial charge in [-0.2, -0.15) is 0 Å². The number of aromatic amines is 1. The Labute approximate surface area is 130 Å². The predicted octanol–water partition coefficient (Wildman–Crippen LogP) is 3.23. The number of nitrogens with one attached hydrogen (secondary N) is 1. The summed E-state index contributed by atoms with van der Waals surface area (Å²) in [5.41, 5.74) is 0.706. The van der Waals surface area contributed by atoms with Crippen LogP contribution in [0, 0.1) is 0 Å². The molecule has 1 aliphatic heterocycles. The number of para-hydroxylation sites is 1. The molecular weight excluding hydrogens is 278 g/mol. The fourth-order valence-corrected chi connectivity index (χ4v) is 2.68. The number of nitrogens with zero attached hydrogens (tertiary/aromatic N) is 2. The highest BCUT2D eigenvalue weighted by molar-refractivity contribution is 5.84. The van der Waals surface area contributed by atoms with Crippen molar-refractivity contribution in [2.45, 2.75) is 26.4 Å². The number of hydrogen-bond donors (Lipinski definition) is 1. The quantitative estimate of drug-likeness (QED) is 0.880. The largest absolute Gasteiger partial charge is 0.444 e. The van der Waals surface area contributed by atoms with Crippen LogP contribution in [0.4, 0.5) is 10.6 Å². The van der Waals surface area contributed by atoms with Crippen LogP contribution in [0.25, 0.3) is 10.9 Å². The number of fused-ring (bicyclic) bond motifs is 1. The summed E-state index contributed by atoms with van der Waals surface area (Å²) >= 11 is 0. The van der Waals surface area contributed by atoms with Gasteiger partial charge in [0, 0.05) is 37.1 Å². The van der Waals surface area contributed by atoms with E-state index in [1.54, 1.807) is 4.90 Å². The number of rotatable bonds is 1. The number of H-pyrrole nitrogens is 1. The molecule has 1 N–H and O–H groups in total. The van der Waals surface area contributed by atoms with Crippen molar-refractivity contribution in [1.29, 1.82) is 0 Å². The van der Waals surface area contributed by atoms with Gasteiger partial charge in [0.25, 0.3) is 0 Å². The first-order valence-corrected chi connectivity index (χ1v) is 7.73. The molecule has 0 unspecified atom stereocenters. The molecule has 5 nitrogen and oxygen atoms in total. The minimum absolute atomic E-state index is 0.219. The molecular formula is C17H23N3O2. The van der Waals surface area contributed by atoms with Crippen molar-refractivity contribution >= 4 is 22.8 Å². The Bertz CT molecular complexity index is 631. The average molecular weight is 301 g/mol. The Morgan fingerprint density at radius 2 is 1.82 bits per heavy atom. The van der Waals surface area contributed by atoms with E-state index in [4.69, 9.17) is 4.74 Å². The highest BCUT2D eigenvalue weighted by atomic mass is 16.6. The van der Waals surface area contributed by atoms with E-state index in [0.717, 1.165) is 24.4 Å². The van der Waals surface area contributed by atoms with Crippen LogP contribution < -0.4 is 4.90 Å². The fourth-order valence-electron chi connectivity index (χ4n) is 2.68. The van der Waals surface area contributed by atoms with Crippen molar-refractivity contribution in [3.05, 3.63) is 30.3 Å². The molecule has 1 amide bonds. The van der Waals surface area contributed by atoms with Crippen LogP contribution in [-0.2, 0) is 4.74 Å². The molecule has 0 atom stereocenters. The minimum atomic E-state index is -0.439. The number of ether oxygens (including phenoxy) is 1. The lowest BCUT2D eigenvalue weighted by molar-refractivity contribution is 0.0240. The topological polar surface area (TPSA) is 48.6 Å². The molecule has 1 aromatic heterocycles. The maximum atomic E-state index is 12.1. The van der Waals surface area contributed by atoms with Gasteiger partial charge in [-0.15, -0.1) is 0 Å². The van der Waals surface area contributed by atoms with Gasteiger partial charge < -0.3 is 19.5 Å². The van der Waals surface area contributed by atoms with E-state index in [1.165, 1.54) is 5.39 Å². The van der Waals surface area contributed by atoms with Crippen LogP contribution in [0.2, 0.25) is 0 Å². The first-order valence-electron chi connectivity index (χ1n) is 7.73. The van der Waals surface area contributed by atoms with E-state index in [2.05, 4.69) is 28.1 Å². The van der Waals surface area contributed by atoms with Gasteiger partial charge in [0.1, 0.15) is 11.4 Å². The van der Waals surface area contributed by atoms with Crippen LogP contribution in [-0.4, -0.2) is 47.8 Å². The highest BCUT2D eigenvalue weighted by Crippen LogP contribution is 2.23. The van der Waals surface area contributed by atoms with Gasteiger partial charge in [0.2, 0.25) is 0 Å². The number of anilines is 1. The van der Waals surface area contributed by atoms with Crippen molar-refractivity contribution in [3.8, 4) is 0 Å². The van der Waals surface area contributed by atoms with Gasteiger partial charge in [-0.25, -0.2) is 4.79 Å². The monoisotopic (exact) mass is 301 g/mol. The SMILES string of the molecule is CC(C)(C)OC(=O)N1CCN(c2cc3ccccc3[nH]2)CC1. The zero-order valence-corrected chi connectivity index (χ0v) is 13.4. The summed E-state index contributed by atoms with van der Waals surface area (Å²) in [5.74, 6) is 1.12. The molecule has 1 aliphatic rings. The Morgan fingerprint density at radius 1 is 1.14 bits per heavy atom. The van der Waals surface area contributed by atoms with E-state index < -0.39 is 5.60 Å². The number of amides is 1. The van der Waals surface area contributed by atoms with Gasteiger partial charge >= 0.3 is 6.09 Å². The van der Waals surface area contributed by atoms with Gasteiger partial charge in [0.05, 0.1) is 0 Å². The molecule has 0 saturated carbocycles. The minimum Gasteiger partial charge on any atom is -0.444 e. The average Bonchev–Trinajstić information content (AvgIpc) is 2.89. The second-order valence-corrected chi connectivity index (χ2v) is 6.70. The van der Waals surface area contributed by atoms with Crippen molar-refractivity contribution in [3.63, 3.8) is 0 Å². The van der Waals surface area contributed by atoms with Gasteiger partial charge in [0.15, 0.2) is 0 Å². The fraction of sp³-hybridized carbons (Fsp3) is 0.471. The van der Waals surface area contributed by atoms with Crippen molar-refractivity contribution < 1.29 is 9.53 Å². The Hall–Kier alpha value is -2.17. The summed E-state index contributed by atoms with van der Waals surface area (Å²) in [7, 11) is 0. The van der Waals surface area contributed by atoms with Gasteiger partial charge in [-0.3, -0.25) is 0 Å². The molecule has 0 radical (unpaired) electrons. The van der Waals surface area contributed by atoms with E-state index in [0.29, 0.717) is 13.1 Å². The molecule has 1 saturated heterocycles. The maximum Gasteiger partial charge on any atom is 0.410 e. The normalized spacial score (nSPS) is 16.1. The zero-order valence-electron chi connectivity index (χ0n) is 13.4. The number of carbonyl (C=O) groups is 1. The number of carbonyl (C=O) groups excluding carboxylic acids is 1. The summed E-state index contributed by atoms with van der Waals surface area (Å²) in [4.78, 5) is 19.6. The van der Waals surface area contributed by atoms with Crippen LogP contribution >= 0.6 is 0 Å². The zero-order chi connectivity index (χ0) is 15.7. The number of piperazine rings is 1. The summed E-state index contributed by atoms with van der Waals surface area (Å²) in [5, 5.41) is 1.21.